The van der Waals surface area contributed by atoms with Gasteiger partial charge in [-0.3, -0.25) is 0 Å². The minimum atomic E-state index is 0.881. The molecule has 0 spiro atoms. The maximum Gasteiger partial charge on any atom is 0.0316 e. The number of hydrogen-bond acceptors (Lipinski definition) is 3. The third-order valence-electron chi connectivity index (χ3n) is 4.35. The molecule has 1 heterocycles. The van der Waals surface area contributed by atoms with Crippen LogP contribution in [-0.2, 0) is 6.42 Å². The molecular weight excluding hydrogens is 234 g/mol. The zero-order valence-corrected chi connectivity index (χ0v) is 11.7. The van der Waals surface area contributed by atoms with Crippen molar-refractivity contribution in [3.8, 4) is 0 Å². The number of benzene rings is 1. The van der Waals surface area contributed by atoms with E-state index in [2.05, 4.69) is 28.0 Å². The molecule has 2 aliphatic rings. The van der Waals surface area contributed by atoms with E-state index in [1.165, 1.54) is 57.7 Å². The maximum atomic E-state index is 5.82. The van der Waals surface area contributed by atoms with Gasteiger partial charge in [-0.2, -0.15) is 0 Å². The van der Waals surface area contributed by atoms with E-state index in [0.29, 0.717) is 0 Å². The molecule has 2 fully saturated rings. The van der Waals surface area contributed by atoms with Crippen LogP contribution in [0, 0.1) is 5.92 Å². The molecule has 19 heavy (non-hydrogen) atoms. The summed E-state index contributed by atoms with van der Waals surface area (Å²) in [5.41, 5.74) is 8.06. The highest BCUT2D eigenvalue weighted by Crippen LogP contribution is 2.29. The van der Waals surface area contributed by atoms with Crippen molar-refractivity contribution in [2.75, 3.05) is 45.0 Å². The summed E-state index contributed by atoms with van der Waals surface area (Å²) in [5.74, 6) is 1.03. The molecule has 3 nitrogen and oxygen atoms in total. The highest BCUT2D eigenvalue weighted by Gasteiger charge is 2.26. The van der Waals surface area contributed by atoms with Crippen molar-refractivity contribution in [1.29, 1.82) is 0 Å². The van der Waals surface area contributed by atoms with Crippen molar-refractivity contribution in [3.05, 3.63) is 29.8 Å². The van der Waals surface area contributed by atoms with E-state index in [0.717, 1.165) is 18.0 Å². The smallest absolute Gasteiger partial charge is 0.0316 e. The molecule has 1 aromatic rings. The summed E-state index contributed by atoms with van der Waals surface area (Å²) >= 11 is 0. The molecule has 3 rings (SSSR count). The summed E-state index contributed by atoms with van der Waals surface area (Å²) in [7, 11) is 0. The fourth-order valence-corrected chi connectivity index (χ4v) is 2.90. The Balaban J connectivity index is 1.39. The fourth-order valence-electron chi connectivity index (χ4n) is 2.90. The maximum absolute atomic E-state index is 5.82. The number of rotatable bonds is 5. The van der Waals surface area contributed by atoms with E-state index < -0.39 is 0 Å². The van der Waals surface area contributed by atoms with Gasteiger partial charge in [0.2, 0.25) is 0 Å². The minimum absolute atomic E-state index is 0.881. The lowest BCUT2D eigenvalue weighted by molar-refractivity contribution is 0.129. The van der Waals surface area contributed by atoms with Crippen LogP contribution in [-0.4, -0.2) is 49.1 Å². The van der Waals surface area contributed by atoms with Crippen LogP contribution in [0.25, 0.3) is 0 Å². The van der Waals surface area contributed by atoms with Crippen LogP contribution in [0.3, 0.4) is 0 Å². The third kappa shape index (κ3) is 3.95. The second kappa shape index (κ2) is 5.93. The van der Waals surface area contributed by atoms with Crippen molar-refractivity contribution in [3.63, 3.8) is 0 Å². The average molecular weight is 259 g/mol. The normalized spacial score (nSPS) is 21.7. The molecule has 0 amide bonds. The van der Waals surface area contributed by atoms with Gasteiger partial charge in [0, 0.05) is 45.0 Å². The van der Waals surface area contributed by atoms with Gasteiger partial charge in [-0.25, -0.2) is 0 Å². The number of nitrogen functional groups attached to an aromatic ring is 1. The highest BCUT2D eigenvalue weighted by molar-refractivity contribution is 5.40. The molecule has 0 aromatic heterocycles. The van der Waals surface area contributed by atoms with Crippen LogP contribution in [0.4, 0.5) is 5.69 Å². The molecule has 1 aliphatic carbocycles. The van der Waals surface area contributed by atoms with Gasteiger partial charge in [-0.15, -0.1) is 0 Å². The Bertz CT molecular complexity index is 406. The Labute approximate surface area is 116 Å². The molecular formula is C16H25N3. The van der Waals surface area contributed by atoms with Crippen LogP contribution in [0.15, 0.2) is 24.3 Å². The summed E-state index contributed by atoms with van der Waals surface area (Å²) in [5, 5.41) is 0. The molecule has 1 aliphatic heterocycles. The third-order valence-corrected chi connectivity index (χ3v) is 4.35. The highest BCUT2D eigenvalue weighted by atomic mass is 15.3. The van der Waals surface area contributed by atoms with Gasteiger partial charge in [-0.1, -0.05) is 12.1 Å². The Morgan fingerprint density at radius 2 is 1.79 bits per heavy atom. The number of nitrogens with two attached hydrogens (primary N) is 1. The molecule has 1 saturated heterocycles. The van der Waals surface area contributed by atoms with E-state index >= 15 is 0 Å². The van der Waals surface area contributed by atoms with Crippen LogP contribution < -0.4 is 5.73 Å². The predicted octanol–water partition coefficient (Wildman–Crippen LogP) is 1.84. The van der Waals surface area contributed by atoms with Gasteiger partial charge in [0.05, 0.1) is 0 Å². The molecule has 0 atom stereocenters. The molecule has 0 bridgehead atoms. The van der Waals surface area contributed by atoms with Crippen LogP contribution >= 0.6 is 0 Å². The lowest BCUT2D eigenvalue weighted by atomic mass is 10.1. The largest absolute Gasteiger partial charge is 0.399 e. The van der Waals surface area contributed by atoms with E-state index in [4.69, 9.17) is 5.73 Å². The first-order valence-corrected chi connectivity index (χ1v) is 7.59. The van der Waals surface area contributed by atoms with Crippen LogP contribution in [0.5, 0.6) is 0 Å². The summed E-state index contributed by atoms with van der Waals surface area (Å²) in [6.07, 6.45) is 4.05. The molecule has 2 N–H and O–H groups in total. The predicted molar refractivity (Wildman–Crippen MR) is 80.2 cm³/mol. The van der Waals surface area contributed by atoms with E-state index in [-0.39, 0.29) is 0 Å². The monoisotopic (exact) mass is 259 g/mol. The van der Waals surface area contributed by atoms with E-state index in [9.17, 15) is 0 Å². The average Bonchev–Trinajstić information content (AvgIpc) is 3.22. The standard InChI is InChI=1S/C16H25N3/c17-16-3-1-2-14(12-16)6-7-18-8-10-19(11-9-18)13-15-4-5-15/h1-3,12,15H,4-11,13,17H2. The van der Waals surface area contributed by atoms with Crippen molar-refractivity contribution >= 4 is 5.69 Å². The number of anilines is 1. The van der Waals surface area contributed by atoms with E-state index in [1.54, 1.807) is 0 Å². The SMILES string of the molecule is Nc1cccc(CCN2CCN(CC3CC3)CC2)c1. The fraction of sp³-hybridized carbons (Fsp3) is 0.625. The second-order valence-corrected chi connectivity index (χ2v) is 6.08. The van der Waals surface area contributed by atoms with Crippen molar-refractivity contribution < 1.29 is 0 Å². The van der Waals surface area contributed by atoms with Gasteiger partial charge >= 0.3 is 0 Å². The first-order chi connectivity index (χ1) is 9.29. The van der Waals surface area contributed by atoms with Crippen LogP contribution in [0.2, 0.25) is 0 Å². The van der Waals surface area contributed by atoms with Crippen molar-refractivity contribution in [1.82, 2.24) is 9.80 Å². The molecule has 1 saturated carbocycles. The van der Waals surface area contributed by atoms with Gasteiger partial charge in [0.25, 0.3) is 0 Å². The number of nitrogens with zero attached hydrogens (tertiary/aromatic N) is 2. The molecule has 1 aromatic carbocycles. The summed E-state index contributed by atoms with van der Waals surface area (Å²) in [6.45, 7) is 7.49. The second-order valence-electron chi connectivity index (χ2n) is 6.08. The first-order valence-electron chi connectivity index (χ1n) is 7.59. The first kappa shape index (κ1) is 12.9. The van der Waals surface area contributed by atoms with E-state index in [1.807, 2.05) is 6.07 Å². The van der Waals surface area contributed by atoms with Crippen molar-refractivity contribution in [2.24, 2.45) is 5.92 Å². The lowest BCUT2D eigenvalue weighted by Crippen LogP contribution is -2.47. The quantitative estimate of drug-likeness (QED) is 0.819. The minimum Gasteiger partial charge on any atom is -0.399 e. The zero-order valence-electron chi connectivity index (χ0n) is 11.7. The lowest BCUT2D eigenvalue weighted by Gasteiger charge is -2.34. The van der Waals surface area contributed by atoms with Gasteiger partial charge in [0.15, 0.2) is 0 Å². The Morgan fingerprint density at radius 3 is 2.47 bits per heavy atom. The molecule has 104 valence electrons. The molecule has 3 heteroatoms. The van der Waals surface area contributed by atoms with Gasteiger partial charge in [0.1, 0.15) is 0 Å². The molecule has 0 radical (unpaired) electrons. The zero-order chi connectivity index (χ0) is 13.1. The number of piperazine rings is 1. The summed E-state index contributed by atoms with van der Waals surface area (Å²) in [4.78, 5) is 5.24. The topological polar surface area (TPSA) is 32.5 Å². The Hall–Kier alpha value is -1.06. The summed E-state index contributed by atoms with van der Waals surface area (Å²) < 4.78 is 0. The summed E-state index contributed by atoms with van der Waals surface area (Å²) in [6, 6.07) is 8.29. The Morgan fingerprint density at radius 1 is 1.05 bits per heavy atom. The van der Waals surface area contributed by atoms with Gasteiger partial charge < -0.3 is 15.5 Å². The number of hydrogen-bond donors (Lipinski definition) is 1. The van der Waals surface area contributed by atoms with Crippen molar-refractivity contribution in [2.45, 2.75) is 19.3 Å². The molecule has 0 unspecified atom stereocenters. The Kier molecular flexibility index (Phi) is 4.04. The van der Waals surface area contributed by atoms with Gasteiger partial charge in [-0.05, 0) is 42.9 Å². The van der Waals surface area contributed by atoms with Crippen LogP contribution in [0.1, 0.15) is 18.4 Å².